The number of ketones is 1. The number of hydrogen-bond donors (Lipinski definition) is 0. The fourth-order valence-electron chi connectivity index (χ4n) is 1.05. The lowest BCUT2D eigenvalue weighted by molar-refractivity contribution is 0.0995. The first-order valence-corrected chi connectivity index (χ1v) is 4.99. The lowest BCUT2D eigenvalue weighted by atomic mass is 10.1. The third-order valence-electron chi connectivity index (χ3n) is 1.80. The van der Waals surface area contributed by atoms with Gasteiger partial charge in [-0.2, -0.15) is 0 Å². The van der Waals surface area contributed by atoms with Crippen LogP contribution in [0.2, 0.25) is 0 Å². The van der Waals surface area contributed by atoms with Gasteiger partial charge in [0.2, 0.25) is 0 Å². The van der Waals surface area contributed by atoms with Crippen molar-refractivity contribution in [3.63, 3.8) is 0 Å². The van der Waals surface area contributed by atoms with Gasteiger partial charge in [0, 0.05) is 5.56 Å². The molecule has 0 aliphatic rings. The fraction of sp³-hybridized carbons (Fsp3) is 0.300. The maximum Gasteiger partial charge on any atom is 0.176 e. The number of carbonyl (C=O) groups excluding carboxylic acids is 1. The third kappa shape index (κ3) is 2.32. The molecule has 1 unspecified atom stereocenters. The number of halogens is 2. The van der Waals surface area contributed by atoms with E-state index in [1.807, 2.05) is 0 Å². The fourth-order valence-corrected chi connectivity index (χ4v) is 1.31. The minimum Gasteiger partial charge on any atom is -0.494 e. The smallest absolute Gasteiger partial charge is 0.176 e. The summed E-state index contributed by atoms with van der Waals surface area (Å²) < 4.78 is 17.9. The normalized spacial score (nSPS) is 12.3. The lowest BCUT2D eigenvalue weighted by Crippen LogP contribution is -2.10. The summed E-state index contributed by atoms with van der Waals surface area (Å²) >= 11 is 3.13. The monoisotopic (exact) mass is 260 g/mol. The van der Waals surface area contributed by atoms with E-state index in [0.717, 1.165) is 0 Å². The summed E-state index contributed by atoms with van der Waals surface area (Å²) in [7, 11) is 1.38. The Hall–Kier alpha value is -0.900. The molecule has 1 atom stereocenters. The molecule has 1 aromatic rings. The largest absolute Gasteiger partial charge is 0.494 e. The lowest BCUT2D eigenvalue weighted by Gasteiger charge is -2.05. The number of hydrogen-bond acceptors (Lipinski definition) is 2. The van der Waals surface area contributed by atoms with Crippen molar-refractivity contribution >= 4 is 21.7 Å². The SMILES string of the molecule is COc1ccc(C(=O)C(C)Br)cc1F. The number of benzene rings is 1. The number of carbonyl (C=O) groups is 1. The van der Waals surface area contributed by atoms with Gasteiger partial charge in [0.25, 0.3) is 0 Å². The first-order valence-electron chi connectivity index (χ1n) is 4.08. The van der Waals surface area contributed by atoms with Gasteiger partial charge < -0.3 is 4.74 Å². The number of ether oxygens (including phenoxy) is 1. The summed E-state index contributed by atoms with van der Waals surface area (Å²) in [5, 5.41) is 0. The Morgan fingerprint density at radius 2 is 2.21 bits per heavy atom. The van der Waals surface area contributed by atoms with Gasteiger partial charge in [-0.15, -0.1) is 0 Å². The molecule has 0 fully saturated rings. The summed E-state index contributed by atoms with van der Waals surface area (Å²) in [5.74, 6) is -0.526. The Bertz CT molecular complexity index is 350. The zero-order chi connectivity index (χ0) is 10.7. The quantitative estimate of drug-likeness (QED) is 0.617. The van der Waals surface area contributed by atoms with Crippen LogP contribution in [0.3, 0.4) is 0 Å². The van der Waals surface area contributed by atoms with Crippen LogP contribution in [-0.2, 0) is 0 Å². The molecule has 0 N–H and O–H groups in total. The standard InChI is InChI=1S/C10H10BrFO2/c1-6(11)10(13)7-3-4-9(14-2)8(12)5-7/h3-6H,1-2H3. The van der Waals surface area contributed by atoms with Crippen LogP contribution in [0, 0.1) is 5.82 Å². The topological polar surface area (TPSA) is 26.3 Å². The molecule has 76 valence electrons. The van der Waals surface area contributed by atoms with Crippen LogP contribution in [0.25, 0.3) is 0 Å². The van der Waals surface area contributed by atoms with Crippen molar-refractivity contribution in [2.75, 3.05) is 7.11 Å². The highest BCUT2D eigenvalue weighted by Crippen LogP contribution is 2.19. The Morgan fingerprint density at radius 3 is 2.64 bits per heavy atom. The minimum atomic E-state index is -0.522. The van der Waals surface area contributed by atoms with E-state index in [0.29, 0.717) is 5.56 Å². The van der Waals surface area contributed by atoms with Crippen molar-refractivity contribution in [2.45, 2.75) is 11.8 Å². The van der Waals surface area contributed by atoms with E-state index in [-0.39, 0.29) is 16.4 Å². The molecule has 1 rings (SSSR count). The molecule has 0 aliphatic carbocycles. The van der Waals surface area contributed by atoms with Gasteiger partial charge in [-0.05, 0) is 25.1 Å². The van der Waals surface area contributed by atoms with Crippen molar-refractivity contribution in [1.82, 2.24) is 0 Å². The van der Waals surface area contributed by atoms with Crippen LogP contribution in [0.4, 0.5) is 4.39 Å². The van der Waals surface area contributed by atoms with Crippen molar-refractivity contribution in [3.8, 4) is 5.75 Å². The molecule has 0 spiro atoms. The molecule has 0 radical (unpaired) electrons. The molecule has 0 aromatic heterocycles. The minimum absolute atomic E-state index is 0.142. The van der Waals surface area contributed by atoms with Crippen LogP contribution in [0.15, 0.2) is 18.2 Å². The molecule has 1 aromatic carbocycles. The predicted molar refractivity (Wildman–Crippen MR) is 55.7 cm³/mol. The van der Waals surface area contributed by atoms with Crippen LogP contribution < -0.4 is 4.74 Å². The molecule has 0 aliphatic heterocycles. The van der Waals surface area contributed by atoms with Gasteiger partial charge in [-0.3, -0.25) is 4.79 Å². The average Bonchev–Trinajstić information content (AvgIpc) is 2.16. The number of Topliss-reactive ketones (excluding diaryl/α,β-unsaturated/α-hetero) is 1. The first kappa shape index (κ1) is 11.2. The molecule has 0 saturated heterocycles. The molecule has 0 saturated carbocycles. The maximum absolute atomic E-state index is 13.2. The molecule has 4 heteroatoms. The van der Waals surface area contributed by atoms with E-state index in [4.69, 9.17) is 4.74 Å². The first-order chi connectivity index (χ1) is 6.56. The summed E-state index contributed by atoms with van der Waals surface area (Å²) in [4.78, 5) is 11.1. The summed E-state index contributed by atoms with van der Waals surface area (Å²) in [6.07, 6.45) is 0. The van der Waals surface area contributed by atoms with Gasteiger partial charge >= 0.3 is 0 Å². The highest BCUT2D eigenvalue weighted by molar-refractivity contribution is 9.10. The average molecular weight is 261 g/mol. The molecule has 0 bridgehead atoms. The van der Waals surface area contributed by atoms with Gasteiger partial charge in [0.05, 0.1) is 11.9 Å². The Balaban J connectivity index is 3.03. The van der Waals surface area contributed by atoms with Gasteiger partial charge in [0.1, 0.15) is 0 Å². The zero-order valence-electron chi connectivity index (χ0n) is 7.88. The van der Waals surface area contributed by atoms with Crippen LogP contribution in [0.1, 0.15) is 17.3 Å². The highest BCUT2D eigenvalue weighted by Gasteiger charge is 2.13. The second-order valence-electron chi connectivity index (χ2n) is 2.83. The Labute approximate surface area is 90.2 Å². The molecule has 2 nitrogen and oxygen atoms in total. The van der Waals surface area contributed by atoms with Gasteiger partial charge in [-0.1, -0.05) is 15.9 Å². The van der Waals surface area contributed by atoms with E-state index < -0.39 is 5.82 Å². The molecular weight excluding hydrogens is 251 g/mol. The predicted octanol–water partition coefficient (Wildman–Crippen LogP) is 2.80. The number of alkyl halides is 1. The van der Waals surface area contributed by atoms with Crippen molar-refractivity contribution < 1.29 is 13.9 Å². The summed E-state index contributed by atoms with van der Waals surface area (Å²) in [6, 6.07) is 4.17. The van der Waals surface area contributed by atoms with Crippen LogP contribution in [0.5, 0.6) is 5.75 Å². The number of rotatable bonds is 3. The van der Waals surface area contributed by atoms with Crippen LogP contribution >= 0.6 is 15.9 Å². The second-order valence-corrected chi connectivity index (χ2v) is 4.20. The van der Waals surface area contributed by atoms with E-state index in [1.54, 1.807) is 13.0 Å². The highest BCUT2D eigenvalue weighted by atomic mass is 79.9. The summed E-state index contributed by atoms with van der Waals surface area (Å²) in [6.45, 7) is 1.70. The van der Waals surface area contributed by atoms with E-state index in [2.05, 4.69) is 15.9 Å². The van der Waals surface area contributed by atoms with E-state index in [1.165, 1.54) is 19.2 Å². The molecular formula is C10H10BrFO2. The van der Waals surface area contributed by atoms with Crippen LogP contribution in [-0.4, -0.2) is 17.7 Å². The number of methoxy groups -OCH3 is 1. The van der Waals surface area contributed by atoms with Crippen molar-refractivity contribution in [2.24, 2.45) is 0 Å². The Kier molecular flexibility index (Phi) is 3.63. The zero-order valence-corrected chi connectivity index (χ0v) is 9.47. The van der Waals surface area contributed by atoms with Gasteiger partial charge in [-0.25, -0.2) is 4.39 Å². The third-order valence-corrected chi connectivity index (χ3v) is 2.21. The maximum atomic E-state index is 13.2. The molecule has 0 amide bonds. The molecule has 14 heavy (non-hydrogen) atoms. The second kappa shape index (κ2) is 4.55. The van der Waals surface area contributed by atoms with E-state index in [9.17, 15) is 9.18 Å². The van der Waals surface area contributed by atoms with Crippen molar-refractivity contribution in [3.05, 3.63) is 29.6 Å². The Morgan fingerprint density at radius 1 is 1.57 bits per heavy atom. The van der Waals surface area contributed by atoms with Gasteiger partial charge in [0.15, 0.2) is 17.3 Å². The van der Waals surface area contributed by atoms with Crippen molar-refractivity contribution in [1.29, 1.82) is 0 Å². The van der Waals surface area contributed by atoms with E-state index >= 15 is 0 Å². The molecule has 0 heterocycles. The summed E-state index contributed by atoms with van der Waals surface area (Å²) in [5.41, 5.74) is 0.340.